The van der Waals surface area contributed by atoms with E-state index in [1.807, 2.05) is 20.8 Å². The molecule has 0 bridgehead atoms. The van der Waals surface area contributed by atoms with Crippen LogP contribution in [-0.2, 0) is 16.1 Å². The Kier molecular flexibility index (Phi) is 5.99. The lowest BCUT2D eigenvalue weighted by Crippen LogP contribution is -2.32. The molecule has 0 aliphatic rings. The molecule has 0 saturated heterocycles. The SMILES string of the molecule is CC(C)(C)OC(=O)NCc1ccc(NC(=O)C(C)(C)C)c(Cl)n1. The summed E-state index contributed by atoms with van der Waals surface area (Å²) in [5.41, 5.74) is -0.0847. The van der Waals surface area contributed by atoms with Crippen molar-refractivity contribution < 1.29 is 14.3 Å². The van der Waals surface area contributed by atoms with Crippen LogP contribution in [-0.4, -0.2) is 22.6 Å². The number of ether oxygens (including phenoxy) is 1. The number of carbonyl (C=O) groups excluding carboxylic acids is 2. The lowest BCUT2D eigenvalue weighted by atomic mass is 9.95. The molecule has 1 aromatic heterocycles. The summed E-state index contributed by atoms with van der Waals surface area (Å²) in [5.74, 6) is -0.152. The van der Waals surface area contributed by atoms with E-state index < -0.39 is 17.1 Å². The summed E-state index contributed by atoms with van der Waals surface area (Å²) in [5, 5.41) is 5.50. The summed E-state index contributed by atoms with van der Waals surface area (Å²) < 4.78 is 5.14. The number of anilines is 1. The monoisotopic (exact) mass is 341 g/mol. The van der Waals surface area contributed by atoms with Crippen LogP contribution in [0.4, 0.5) is 10.5 Å². The van der Waals surface area contributed by atoms with Crippen molar-refractivity contribution in [2.24, 2.45) is 5.41 Å². The van der Waals surface area contributed by atoms with Crippen LogP contribution in [0.2, 0.25) is 5.15 Å². The fraction of sp³-hybridized carbons (Fsp3) is 0.562. The summed E-state index contributed by atoms with van der Waals surface area (Å²) in [6.07, 6.45) is -0.527. The van der Waals surface area contributed by atoms with Gasteiger partial charge in [0.15, 0.2) is 5.15 Å². The molecule has 23 heavy (non-hydrogen) atoms. The molecule has 128 valence electrons. The van der Waals surface area contributed by atoms with Crippen LogP contribution < -0.4 is 10.6 Å². The van der Waals surface area contributed by atoms with Gasteiger partial charge in [0.25, 0.3) is 0 Å². The van der Waals surface area contributed by atoms with Crippen molar-refractivity contribution in [3.05, 3.63) is 23.0 Å². The van der Waals surface area contributed by atoms with E-state index >= 15 is 0 Å². The van der Waals surface area contributed by atoms with E-state index in [9.17, 15) is 9.59 Å². The molecular weight excluding hydrogens is 318 g/mol. The second kappa shape index (κ2) is 7.17. The maximum atomic E-state index is 11.9. The predicted octanol–water partition coefficient (Wildman–Crippen LogP) is 3.74. The first kappa shape index (κ1) is 19.2. The van der Waals surface area contributed by atoms with Gasteiger partial charge in [-0.05, 0) is 32.9 Å². The van der Waals surface area contributed by atoms with E-state index in [1.54, 1.807) is 32.9 Å². The third-order valence-corrected chi connectivity index (χ3v) is 2.94. The van der Waals surface area contributed by atoms with Gasteiger partial charge in [-0.1, -0.05) is 32.4 Å². The normalized spacial score (nSPS) is 11.8. The largest absolute Gasteiger partial charge is 0.444 e. The molecular formula is C16H24ClN3O3. The standard InChI is InChI=1S/C16H24ClN3O3/c1-15(2,3)13(21)20-11-8-7-10(19-12(11)17)9-18-14(22)23-16(4,5)6/h7-8H,9H2,1-6H3,(H,18,22)(H,20,21). The Morgan fingerprint density at radius 1 is 1.17 bits per heavy atom. The van der Waals surface area contributed by atoms with Crippen LogP contribution in [0.3, 0.4) is 0 Å². The summed E-state index contributed by atoms with van der Waals surface area (Å²) in [7, 11) is 0. The molecule has 0 spiro atoms. The summed E-state index contributed by atoms with van der Waals surface area (Å²) >= 11 is 6.08. The Bertz CT molecular complexity index is 589. The second-order valence-electron chi connectivity index (χ2n) is 7.20. The van der Waals surface area contributed by atoms with Crippen LogP contribution in [0, 0.1) is 5.41 Å². The van der Waals surface area contributed by atoms with Crippen molar-refractivity contribution in [1.82, 2.24) is 10.3 Å². The predicted molar refractivity (Wildman–Crippen MR) is 90.4 cm³/mol. The van der Waals surface area contributed by atoms with Gasteiger partial charge in [0.05, 0.1) is 17.9 Å². The van der Waals surface area contributed by atoms with Crippen LogP contribution in [0.1, 0.15) is 47.2 Å². The van der Waals surface area contributed by atoms with Gasteiger partial charge in [-0.3, -0.25) is 4.79 Å². The third-order valence-electron chi connectivity index (χ3n) is 2.65. The molecule has 0 radical (unpaired) electrons. The number of alkyl carbamates (subject to hydrolysis) is 1. The maximum Gasteiger partial charge on any atom is 0.407 e. The van der Waals surface area contributed by atoms with Gasteiger partial charge in [-0.25, -0.2) is 9.78 Å². The summed E-state index contributed by atoms with van der Waals surface area (Å²) in [4.78, 5) is 27.7. The van der Waals surface area contributed by atoms with Crippen LogP contribution in [0.25, 0.3) is 0 Å². The molecule has 0 aromatic carbocycles. The van der Waals surface area contributed by atoms with Crippen molar-refractivity contribution in [2.45, 2.75) is 53.7 Å². The Labute approximate surface area is 142 Å². The lowest BCUT2D eigenvalue weighted by molar-refractivity contribution is -0.123. The van der Waals surface area contributed by atoms with Gasteiger partial charge in [0.1, 0.15) is 5.60 Å². The zero-order valence-corrected chi connectivity index (χ0v) is 15.2. The molecule has 7 heteroatoms. The minimum atomic E-state index is -0.559. The number of nitrogens with one attached hydrogen (secondary N) is 2. The smallest absolute Gasteiger partial charge is 0.407 e. The van der Waals surface area contributed by atoms with Crippen molar-refractivity contribution in [3.8, 4) is 0 Å². The van der Waals surface area contributed by atoms with Crippen molar-refractivity contribution >= 4 is 29.3 Å². The lowest BCUT2D eigenvalue weighted by Gasteiger charge is -2.20. The number of rotatable bonds is 3. The van der Waals surface area contributed by atoms with E-state index in [0.717, 1.165) is 0 Å². The number of amides is 2. The van der Waals surface area contributed by atoms with E-state index in [1.165, 1.54) is 0 Å². The number of aromatic nitrogens is 1. The molecule has 1 rings (SSSR count). The Morgan fingerprint density at radius 2 is 1.78 bits per heavy atom. The zero-order chi connectivity index (χ0) is 17.8. The average molecular weight is 342 g/mol. The van der Waals surface area contributed by atoms with Crippen molar-refractivity contribution in [2.75, 3.05) is 5.32 Å². The van der Waals surface area contributed by atoms with E-state index in [-0.39, 0.29) is 17.6 Å². The molecule has 0 unspecified atom stereocenters. The number of carbonyl (C=O) groups is 2. The molecule has 0 saturated carbocycles. The van der Waals surface area contributed by atoms with Gasteiger partial charge >= 0.3 is 6.09 Å². The molecule has 6 nitrogen and oxygen atoms in total. The van der Waals surface area contributed by atoms with Crippen LogP contribution >= 0.6 is 11.6 Å². The fourth-order valence-corrected chi connectivity index (χ4v) is 1.67. The first-order valence-electron chi connectivity index (χ1n) is 7.32. The van der Waals surface area contributed by atoms with E-state index in [0.29, 0.717) is 11.4 Å². The van der Waals surface area contributed by atoms with Crippen LogP contribution in [0.15, 0.2) is 12.1 Å². The molecule has 1 aromatic rings. The Balaban J connectivity index is 2.66. The van der Waals surface area contributed by atoms with Crippen molar-refractivity contribution in [3.63, 3.8) is 0 Å². The Morgan fingerprint density at radius 3 is 2.26 bits per heavy atom. The minimum Gasteiger partial charge on any atom is -0.444 e. The highest BCUT2D eigenvalue weighted by molar-refractivity contribution is 6.32. The molecule has 2 amide bonds. The quantitative estimate of drug-likeness (QED) is 0.820. The van der Waals surface area contributed by atoms with Crippen molar-refractivity contribution in [1.29, 1.82) is 0 Å². The number of nitrogens with zero attached hydrogens (tertiary/aromatic N) is 1. The zero-order valence-electron chi connectivity index (χ0n) is 14.4. The van der Waals surface area contributed by atoms with Crippen LogP contribution in [0.5, 0.6) is 0 Å². The first-order chi connectivity index (χ1) is 10.4. The van der Waals surface area contributed by atoms with Gasteiger partial charge in [0, 0.05) is 5.41 Å². The molecule has 1 heterocycles. The first-order valence-corrected chi connectivity index (χ1v) is 7.70. The average Bonchev–Trinajstić information content (AvgIpc) is 2.36. The number of hydrogen-bond acceptors (Lipinski definition) is 4. The summed E-state index contributed by atoms with van der Waals surface area (Å²) in [6, 6.07) is 3.34. The second-order valence-corrected chi connectivity index (χ2v) is 7.56. The van der Waals surface area contributed by atoms with Gasteiger partial charge < -0.3 is 15.4 Å². The highest BCUT2D eigenvalue weighted by atomic mass is 35.5. The topological polar surface area (TPSA) is 80.3 Å². The molecule has 0 atom stereocenters. The fourth-order valence-electron chi connectivity index (χ4n) is 1.45. The third kappa shape index (κ3) is 6.86. The van der Waals surface area contributed by atoms with E-state index in [2.05, 4.69) is 15.6 Å². The Hall–Kier alpha value is -1.82. The minimum absolute atomic E-state index is 0.152. The molecule has 0 aliphatic carbocycles. The summed E-state index contributed by atoms with van der Waals surface area (Å²) in [6.45, 7) is 11.0. The number of hydrogen-bond donors (Lipinski definition) is 2. The number of pyridine rings is 1. The van der Waals surface area contributed by atoms with Gasteiger partial charge in [-0.2, -0.15) is 0 Å². The molecule has 0 fully saturated rings. The van der Waals surface area contributed by atoms with E-state index in [4.69, 9.17) is 16.3 Å². The maximum absolute atomic E-state index is 11.9. The van der Waals surface area contributed by atoms with Gasteiger partial charge in [-0.15, -0.1) is 0 Å². The highest BCUT2D eigenvalue weighted by Gasteiger charge is 2.22. The number of halogens is 1. The molecule has 2 N–H and O–H groups in total. The highest BCUT2D eigenvalue weighted by Crippen LogP contribution is 2.23. The molecule has 0 aliphatic heterocycles. The van der Waals surface area contributed by atoms with Gasteiger partial charge in [0.2, 0.25) is 5.91 Å².